The third-order valence-electron chi connectivity index (χ3n) is 1.99. The van der Waals surface area contributed by atoms with Gasteiger partial charge in [-0.3, -0.25) is 9.97 Å². The van der Waals surface area contributed by atoms with Crippen molar-refractivity contribution in [2.45, 2.75) is 6.92 Å². The third kappa shape index (κ3) is 1.79. The number of pyridine rings is 2. The lowest BCUT2D eigenvalue weighted by atomic mass is 10.2. The summed E-state index contributed by atoms with van der Waals surface area (Å²) in [4.78, 5) is 19.8. The summed E-state index contributed by atoms with van der Waals surface area (Å²) in [5.74, 6) is -0.358. The van der Waals surface area contributed by atoms with Gasteiger partial charge in [0.2, 0.25) is 0 Å². The minimum absolute atomic E-state index is 0.357. The van der Waals surface area contributed by atoms with Crippen LogP contribution in [0.3, 0.4) is 0 Å². The monoisotopic (exact) mass is 202 g/mol. The lowest BCUT2D eigenvalue weighted by molar-refractivity contribution is 0.0528. The van der Waals surface area contributed by atoms with Crippen LogP contribution in [0.2, 0.25) is 0 Å². The van der Waals surface area contributed by atoms with E-state index in [1.54, 1.807) is 31.5 Å². The van der Waals surface area contributed by atoms with Crippen LogP contribution in [-0.2, 0) is 4.74 Å². The van der Waals surface area contributed by atoms with Gasteiger partial charge in [-0.1, -0.05) is 0 Å². The molecule has 15 heavy (non-hydrogen) atoms. The van der Waals surface area contributed by atoms with Crippen molar-refractivity contribution in [2.24, 2.45) is 0 Å². The van der Waals surface area contributed by atoms with Gasteiger partial charge in [0.25, 0.3) is 0 Å². The van der Waals surface area contributed by atoms with Crippen LogP contribution in [0, 0.1) is 0 Å². The topological polar surface area (TPSA) is 52.1 Å². The maximum absolute atomic E-state index is 11.6. The van der Waals surface area contributed by atoms with Crippen molar-refractivity contribution in [2.75, 3.05) is 6.61 Å². The molecule has 2 rings (SSSR count). The second kappa shape index (κ2) is 4.04. The number of esters is 1. The Hall–Kier alpha value is -1.97. The molecule has 0 saturated heterocycles. The summed E-state index contributed by atoms with van der Waals surface area (Å²) in [5.41, 5.74) is 1.74. The summed E-state index contributed by atoms with van der Waals surface area (Å²) in [5, 5.41) is 0. The standard InChI is InChI=1S/C11H10N2O2/c1-2-15-11(14)8-5-7-12-9-4-3-6-13-10(8)9/h3-7H,2H2,1H3. The number of fused-ring (bicyclic) bond motifs is 1. The van der Waals surface area contributed by atoms with Gasteiger partial charge in [-0.05, 0) is 25.1 Å². The number of aromatic nitrogens is 2. The highest BCUT2D eigenvalue weighted by atomic mass is 16.5. The molecule has 4 nitrogen and oxygen atoms in total. The van der Waals surface area contributed by atoms with E-state index >= 15 is 0 Å². The first-order valence-electron chi connectivity index (χ1n) is 4.69. The van der Waals surface area contributed by atoms with E-state index in [0.717, 1.165) is 0 Å². The van der Waals surface area contributed by atoms with Crippen LogP contribution in [0.15, 0.2) is 30.6 Å². The molecule has 0 unspecified atom stereocenters. The van der Waals surface area contributed by atoms with Gasteiger partial charge in [0.1, 0.15) is 5.52 Å². The zero-order valence-corrected chi connectivity index (χ0v) is 8.30. The molecule has 76 valence electrons. The van der Waals surface area contributed by atoms with Crippen LogP contribution in [0.25, 0.3) is 11.0 Å². The van der Waals surface area contributed by atoms with Gasteiger partial charge in [-0.2, -0.15) is 0 Å². The fourth-order valence-electron chi connectivity index (χ4n) is 1.35. The number of hydrogen-bond donors (Lipinski definition) is 0. The predicted molar refractivity (Wildman–Crippen MR) is 55.5 cm³/mol. The molecule has 0 N–H and O–H groups in total. The van der Waals surface area contributed by atoms with Gasteiger partial charge in [-0.25, -0.2) is 4.79 Å². The van der Waals surface area contributed by atoms with Crippen molar-refractivity contribution >= 4 is 17.0 Å². The van der Waals surface area contributed by atoms with E-state index in [2.05, 4.69) is 9.97 Å². The molecule has 0 saturated carbocycles. The quantitative estimate of drug-likeness (QED) is 0.697. The molecule has 0 radical (unpaired) electrons. The van der Waals surface area contributed by atoms with Crippen LogP contribution in [0.1, 0.15) is 17.3 Å². The van der Waals surface area contributed by atoms with E-state index < -0.39 is 0 Å². The first-order chi connectivity index (χ1) is 7.33. The molecule has 0 fully saturated rings. The van der Waals surface area contributed by atoms with Crippen molar-refractivity contribution in [1.29, 1.82) is 0 Å². The van der Waals surface area contributed by atoms with Gasteiger partial charge < -0.3 is 4.74 Å². The van der Waals surface area contributed by atoms with E-state index in [1.165, 1.54) is 0 Å². The lowest BCUT2D eigenvalue weighted by Gasteiger charge is -2.03. The Kier molecular flexibility index (Phi) is 2.58. The van der Waals surface area contributed by atoms with Gasteiger partial charge in [0.15, 0.2) is 0 Å². The highest BCUT2D eigenvalue weighted by molar-refractivity contribution is 6.01. The van der Waals surface area contributed by atoms with Gasteiger partial charge >= 0.3 is 5.97 Å². The molecule has 2 heterocycles. The lowest BCUT2D eigenvalue weighted by Crippen LogP contribution is -2.06. The number of hydrogen-bond acceptors (Lipinski definition) is 4. The molecular weight excluding hydrogens is 192 g/mol. The minimum atomic E-state index is -0.358. The SMILES string of the molecule is CCOC(=O)c1ccnc2cccnc12. The summed E-state index contributed by atoms with van der Waals surface area (Å²) in [6.45, 7) is 2.13. The fraction of sp³-hybridized carbons (Fsp3) is 0.182. The molecule has 4 heteroatoms. The van der Waals surface area contributed by atoms with Gasteiger partial charge in [0, 0.05) is 12.4 Å². The molecule has 0 aliphatic carbocycles. The smallest absolute Gasteiger partial charge is 0.340 e. The van der Waals surface area contributed by atoms with Crippen molar-refractivity contribution in [3.63, 3.8) is 0 Å². The highest BCUT2D eigenvalue weighted by Crippen LogP contribution is 2.14. The fourth-order valence-corrected chi connectivity index (χ4v) is 1.35. The van der Waals surface area contributed by atoms with Crippen LogP contribution in [0.4, 0.5) is 0 Å². The second-order valence-corrected chi connectivity index (χ2v) is 2.95. The maximum Gasteiger partial charge on any atom is 0.340 e. The summed E-state index contributed by atoms with van der Waals surface area (Å²) in [6, 6.07) is 5.21. The summed E-state index contributed by atoms with van der Waals surface area (Å²) >= 11 is 0. The van der Waals surface area contributed by atoms with Crippen LogP contribution in [-0.4, -0.2) is 22.5 Å². The van der Waals surface area contributed by atoms with Crippen LogP contribution >= 0.6 is 0 Å². The summed E-state index contributed by atoms with van der Waals surface area (Å²) in [7, 11) is 0. The minimum Gasteiger partial charge on any atom is -0.462 e. The summed E-state index contributed by atoms with van der Waals surface area (Å²) < 4.78 is 4.93. The number of rotatable bonds is 2. The van der Waals surface area contributed by atoms with Crippen molar-refractivity contribution in [3.05, 3.63) is 36.2 Å². The Bertz CT molecular complexity index is 491. The van der Waals surface area contributed by atoms with E-state index in [4.69, 9.17) is 4.74 Å². The first-order valence-corrected chi connectivity index (χ1v) is 4.69. The number of ether oxygens (including phenoxy) is 1. The average molecular weight is 202 g/mol. The molecule has 0 aliphatic rings. The largest absolute Gasteiger partial charge is 0.462 e. The molecule has 0 bridgehead atoms. The number of carbonyl (C=O) groups excluding carboxylic acids is 1. The maximum atomic E-state index is 11.6. The van der Waals surface area contributed by atoms with E-state index in [-0.39, 0.29) is 5.97 Å². The van der Waals surface area contributed by atoms with Crippen molar-refractivity contribution in [1.82, 2.24) is 9.97 Å². The predicted octanol–water partition coefficient (Wildman–Crippen LogP) is 1.81. The third-order valence-corrected chi connectivity index (χ3v) is 1.99. The van der Waals surface area contributed by atoms with Crippen LogP contribution < -0.4 is 0 Å². The van der Waals surface area contributed by atoms with Crippen molar-refractivity contribution < 1.29 is 9.53 Å². The highest BCUT2D eigenvalue weighted by Gasteiger charge is 2.11. The molecule has 2 aromatic rings. The average Bonchev–Trinajstić information content (AvgIpc) is 2.28. The van der Waals surface area contributed by atoms with Gasteiger partial charge in [-0.15, -0.1) is 0 Å². The Morgan fingerprint density at radius 1 is 1.33 bits per heavy atom. The van der Waals surface area contributed by atoms with E-state index in [0.29, 0.717) is 23.2 Å². The van der Waals surface area contributed by atoms with Crippen LogP contribution in [0.5, 0.6) is 0 Å². The molecule has 0 aromatic carbocycles. The molecule has 2 aromatic heterocycles. The number of carbonyl (C=O) groups is 1. The molecular formula is C11H10N2O2. The zero-order chi connectivity index (χ0) is 10.7. The normalized spacial score (nSPS) is 10.2. The Morgan fingerprint density at radius 3 is 3.00 bits per heavy atom. The van der Waals surface area contributed by atoms with E-state index in [9.17, 15) is 4.79 Å². The Morgan fingerprint density at radius 2 is 2.20 bits per heavy atom. The molecule has 0 aliphatic heterocycles. The molecule has 0 spiro atoms. The first kappa shape index (κ1) is 9.58. The van der Waals surface area contributed by atoms with Crippen molar-refractivity contribution in [3.8, 4) is 0 Å². The Labute approximate surface area is 86.9 Å². The molecule has 0 atom stereocenters. The van der Waals surface area contributed by atoms with Gasteiger partial charge in [0.05, 0.1) is 17.7 Å². The second-order valence-electron chi connectivity index (χ2n) is 2.95. The summed E-state index contributed by atoms with van der Waals surface area (Å²) in [6.07, 6.45) is 3.21. The zero-order valence-electron chi connectivity index (χ0n) is 8.30. The van der Waals surface area contributed by atoms with E-state index in [1.807, 2.05) is 6.07 Å². The molecule has 0 amide bonds. The Balaban J connectivity index is 2.56. The number of nitrogens with zero attached hydrogens (tertiary/aromatic N) is 2.